The Morgan fingerprint density at radius 1 is 0.677 bits per heavy atom. The topological polar surface area (TPSA) is 137 Å². The molecule has 0 radical (unpaired) electrons. The summed E-state index contributed by atoms with van der Waals surface area (Å²) in [6.45, 7) is 0. The Morgan fingerprint density at radius 2 is 1.13 bits per heavy atom. The largest absolute Gasteiger partial charge is 0.351 e. The Kier molecular flexibility index (Phi) is 11.3. The molecule has 9 heteroatoms. The number of carbonyl (C=O) groups is 4. The van der Waals surface area contributed by atoms with Crippen molar-refractivity contribution in [2.45, 2.75) is 114 Å². The number of unbranched alkanes of at least 4 members (excludes halogenated alkanes) is 2. The van der Waals surface area contributed by atoms with Crippen LogP contribution in [0.5, 0.6) is 0 Å². The molecular weight excluding hydrogens is 400 g/mol. The van der Waals surface area contributed by atoms with Gasteiger partial charge < -0.3 is 16.0 Å². The van der Waals surface area contributed by atoms with Crippen LogP contribution in [0.2, 0.25) is 0 Å². The summed E-state index contributed by atoms with van der Waals surface area (Å²) in [6.07, 6.45) is 12.2. The van der Waals surface area contributed by atoms with Crippen molar-refractivity contribution in [1.82, 2.24) is 21.4 Å². The second-order valence-electron chi connectivity index (χ2n) is 8.78. The van der Waals surface area contributed by atoms with Gasteiger partial charge in [0, 0.05) is 24.9 Å². The van der Waals surface area contributed by atoms with Crippen LogP contribution in [0.3, 0.4) is 0 Å². The average molecular weight is 439 g/mol. The van der Waals surface area contributed by atoms with Crippen LogP contribution < -0.4 is 21.4 Å². The van der Waals surface area contributed by atoms with Crippen LogP contribution in [0.4, 0.5) is 0 Å². The smallest absolute Gasteiger partial charge is 0.252 e. The molecule has 0 heterocycles. The third-order valence-electron chi connectivity index (χ3n) is 6.17. The summed E-state index contributed by atoms with van der Waals surface area (Å²) in [5.41, 5.74) is 1.58. The van der Waals surface area contributed by atoms with Gasteiger partial charge in [-0.2, -0.15) is 0 Å². The fraction of sp³-hybridized carbons (Fsp3) is 0.818. The van der Waals surface area contributed by atoms with Gasteiger partial charge in [-0.3, -0.25) is 24.4 Å². The molecule has 2 fully saturated rings. The molecule has 5 N–H and O–H groups in total. The van der Waals surface area contributed by atoms with Crippen LogP contribution in [-0.2, 0) is 19.2 Å². The lowest BCUT2D eigenvalue weighted by molar-refractivity contribution is -0.137. The zero-order valence-corrected chi connectivity index (χ0v) is 18.4. The van der Waals surface area contributed by atoms with Crippen LogP contribution >= 0.6 is 0 Å². The number of carbonyl (C=O) groups excluding carboxylic acids is 4. The Morgan fingerprint density at radius 3 is 1.58 bits per heavy atom. The molecule has 2 aliphatic carbocycles. The van der Waals surface area contributed by atoms with E-state index < -0.39 is 23.8 Å². The zero-order valence-electron chi connectivity index (χ0n) is 18.4. The van der Waals surface area contributed by atoms with Crippen molar-refractivity contribution in [3.63, 3.8) is 0 Å². The number of hydroxylamine groups is 1. The number of hydrogen-bond donors (Lipinski definition) is 5. The van der Waals surface area contributed by atoms with Crippen molar-refractivity contribution in [3.8, 4) is 0 Å². The van der Waals surface area contributed by atoms with E-state index in [-0.39, 0.29) is 30.8 Å². The van der Waals surface area contributed by atoms with Crippen LogP contribution in [0.1, 0.15) is 96.3 Å². The van der Waals surface area contributed by atoms with E-state index in [1.165, 1.54) is 0 Å². The lowest BCUT2D eigenvalue weighted by atomic mass is 9.94. The molecule has 0 unspecified atom stereocenters. The Labute approximate surface area is 184 Å². The lowest BCUT2D eigenvalue weighted by Gasteiger charge is -2.28. The van der Waals surface area contributed by atoms with E-state index >= 15 is 0 Å². The molecular formula is C22H38N4O5. The molecule has 0 aromatic heterocycles. The van der Waals surface area contributed by atoms with Crippen molar-refractivity contribution in [1.29, 1.82) is 0 Å². The van der Waals surface area contributed by atoms with E-state index in [4.69, 9.17) is 5.21 Å². The van der Waals surface area contributed by atoms with Gasteiger partial charge >= 0.3 is 0 Å². The second kappa shape index (κ2) is 14.0. The molecule has 2 aliphatic rings. The highest BCUT2D eigenvalue weighted by molar-refractivity contribution is 6.07. The number of hydrogen-bond acceptors (Lipinski definition) is 5. The first-order valence-electron chi connectivity index (χ1n) is 11.8. The molecule has 0 aliphatic heterocycles. The van der Waals surface area contributed by atoms with Gasteiger partial charge in [-0.15, -0.1) is 0 Å². The van der Waals surface area contributed by atoms with Crippen molar-refractivity contribution in [2.75, 3.05) is 0 Å². The van der Waals surface area contributed by atoms with Gasteiger partial charge in [0.15, 0.2) is 6.04 Å². The number of amides is 4. The van der Waals surface area contributed by atoms with Gasteiger partial charge in [-0.05, 0) is 38.5 Å². The van der Waals surface area contributed by atoms with Crippen molar-refractivity contribution < 1.29 is 24.4 Å². The first kappa shape index (κ1) is 25.1. The normalized spacial score (nSPS) is 17.7. The summed E-state index contributed by atoms with van der Waals surface area (Å²) in [4.78, 5) is 49.1. The lowest BCUT2D eigenvalue weighted by Crippen LogP contribution is -2.58. The highest BCUT2D eigenvalue weighted by atomic mass is 16.5. The summed E-state index contributed by atoms with van der Waals surface area (Å²) < 4.78 is 0. The van der Waals surface area contributed by atoms with E-state index in [0.29, 0.717) is 19.3 Å². The zero-order chi connectivity index (χ0) is 22.5. The monoisotopic (exact) mass is 438 g/mol. The molecule has 0 aromatic carbocycles. The van der Waals surface area contributed by atoms with Gasteiger partial charge in [0.1, 0.15) is 0 Å². The standard InChI is InChI=1S/C22H38N4O5/c27-18(14-8-3-9-15-19(28)26-31)25-20(21(29)23-16-10-4-1-5-11-16)22(30)24-17-12-6-2-7-13-17/h16-17,20,31H,1-15H2,(H,23,29)(H,24,30)(H,25,27)(H,26,28). The minimum atomic E-state index is -1.23. The van der Waals surface area contributed by atoms with Gasteiger partial charge in [0.25, 0.3) is 11.8 Å². The van der Waals surface area contributed by atoms with Gasteiger partial charge in [0.05, 0.1) is 0 Å². The van der Waals surface area contributed by atoms with Gasteiger partial charge in [-0.1, -0.05) is 44.9 Å². The summed E-state index contributed by atoms with van der Waals surface area (Å²) in [5, 5.41) is 17.0. The van der Waals surface area contributed by atoms with Crippen LogP contribution in [0, 0.1) is 0 Å². The van der Waals surface area contributed by atoms with Crippen LogP contribution in [-0.4, -0.2) is 47.0 Å². The maximum atomic E-state index is 12.9. The predicted octanol–water partition coefficient (Wildman–Crippen LogP) is 1.82. The van der Waals surface area contributed by atoms with Crippen molar-refractivity contribution in [2.24, 2.45) is 0 Å². The van der Waals surface area contributed by atoms with Crippen molar-refractivity contribution >= 4 is 23.6 Å². The highest BCUT2D eigenvalue weighted by Crippen LogP contribution is 2.19. The average Bonchev–Trinajstić information content (AvgIpc) is 2.78. The van der Waals surface area contributed by atoms with E-state index in [0.717, 1.165) is 64.2 Å². The first-order chi connectivity index (χ1) is 15.0. The Hall–Kier alpha value is -2.16. The highest BCUT2D eigenvalue weighted by Gasteiger charge is 2.31. The summed E-state index contributed by atoms with van der Waals surface area (Å²) in [7, 11) is 0. The van der Waals surface area contributed by atoms with Gasteiger partial charge in [-0.25, -0.2) is 5.48 Å². The first-order valence-corrected chi connectivity index (χ1v) is 11.8. The molecule has 0 bridgehead atoms. The molecule has 2 rings (SSSR count). The maximum Gasteiger partial charge on any atom is 0.252 e. The third kappa shape index (κ3) is 9.67. The maximum absolute atomic E-state index is 12.9. The van der Waals surface area contributed by atoms with Crippen molar-refractivity contribution in [3.05, 3.63) is 0 Å². The molecule has 31 heavy (non-hydrogen) atoms. The molecule has 2 saturated carbocycles. The van der Waals surface area contributed by atoms with Gasteiger partial charge in [0.2, 0.25) is 11.8 Å². The number of rotatable bonds is 11. The van der Waals surface area contributed by atoms with E-state index in [1.54, 1.807) is 5.48 Å². The SMILES string of the molecule is O=C(CCCCCC(=O)NC(C(=O)NC1CCCCC1)C(=O)NC1CCCCC1)NO. The third-order valence-corrected chi connectivity index (χ3v) is 6.17. The Bertz CT molecular complexity index is 569. The summed E-state index contributed by atoms with van der Waals surface area (Å²) in [6, 6.07) is -1.11. The fourth-order valence-electron chi connectivity index (χ4n) is 4.35. The predicted molar refractivity (Wildman–Crippen MR) is 115 cm³/mol. The van der Waals surface area contributed by atoms with Crippen LogP contribution in [0.15, 0.2) is 0 Å². The van der Waals surface area contributed by atoms with E-state index in [2.05, 4.69) is 16.0 Å². The summed E-state index contributed by atoms with van der Waals surface area (Å²) >= 11 is 0. The van der Waals surface area contributed by atoms with E-state index in [1.807, 2.05) is 0 Å². The molecule has 176 valence electrons. The molecule has 4 amide bonds. The molecule has 0 aromatic rings. The second-order valence-corrected chi connectivity index (χ2v) is 8.78. The number of nitrogens with one attached hydrogen (secondary N) is 4. The minimum absolute atomic E-state index is 0.0563. The molecule has 0 saturated heterocycles. The molecule has 0 spiro atoms. The quantitative estimate of drug-likeness (QED) is 0.145. The molecule has 0 atom stereocenters. The molecule has 9 nitrogen and oxygen atoms in total. The minimum Gasteiger partial charge on any atom is -0.351 e. The van der Waals surface area contributed by atoms with Crippen LogP contribution in [0.25, 0.3) is 0 Å². The fourth-order valence-corrected chi connectivity index (χ4v) is 4.35. The van der Waals surface area contributed by atoms with E-state index in [9.17, 15) is 19.2 Å². The summed E-state index contributed by atoms with van der Waals surface area (Å²) in [5.74, 6) is -1.68. The Balaban J connectivity index is 1.85.